The van der Waals surface area contributed by atoms with Crippen molar-refractivity contribution in [1.29, 1.82) is 0 Å². The van der Waals surface area contributed by atoms with E-state index in [2.05, 4.69) is 16.0 Å². The molecule has 0 aliphatic carbocycles. The third-order valence-electron chi connectivity index (χ3n) is 4.95. The zero-order valence-electron chi connectivity index (χ0n) is 20.5. The van der Waals surface area contributed by atoms with Gasteiger partial charge in [-0.05, 0) is 37.0 Å². The first kappa shape index (κ1) is 30.3. The average molecular weight is 472 g/mol. The standard InChI is InChI=1S/C22H41N5O6/c1-11(2)9-15(25-19(29)14(23)7-8-17(24)28)20(30)27-18(13(5)6)21(31)26-16(22(32)33)10-12(3)4/h11-16,18H,7-10,23H2,1-6H3,(H2,24,28)(H,25,29)(H,26,31)(H,27,30)(H,32,33). The second-order valence-electron chi connectivity index (χ2n) is 9.56. The molecular weight excluding hydrogens is 430 g/mol. The summed E-state index contributed by atoms with van der Waals surface area (Å²) in [6, 6.07) is -4.06. The number of nitrogens with two attached hydrogens (primary N) is 2. The minimum atomic E-state index is -1.15. The number of carboxylic acid groups (broad SMARTS) is 1. The summed E-state index contributed by atoms with van der Waals surface area (Å²) in [6.07, 6.45) is 0.514. The smallest absolute Gasteiger partial charge is 0.326 e. The van der Waals surface area contributed by atoms with Crippen LogP contribution in [0.4, 0.5) is 0 Å². The first-order chi connectivity index (χ1) is 15.1. The Morgan fingerprint density at radius 3 is 1.67 bits per heavy atom. The summed E-state index contributed by atoms with van der Waals surface area (Å²) in [6.45, 7) is 10.9. The number of rotatable bonds is 15. The Morgan fingerprint density at radius 2 is 1.24 bits per heavy atom. The number of hydrogen-bond acceptors (Lipinski definition) is 6. The molecule has 0 aliphatic heterocycles. The average Bonchev–Trinajstić information content (AvgIpc) is 2.67. The molecule has 0 heterocycles. The monoisotopic (exact) mass is 471 g/mol. The van der Waals surface area contributed by atoms with E-state index in [9.17, 15) is 29.1 Å². The quantitative estimate of drug-likeness (QED) is 0.191. The van der Waals surface area contributed by atoms with Gasteiger partial charge in [0.05, 0.1) is 6.04 Å². The van der Waals surface area contributed by atoms with Crippen LogP contribution in [0, 0.1) is 17.8 Å². The molecule has 11 heteroatoms. The largest absolute Gasteiger partial charge is 0.480 e. The molecule has 0 rings (SSSR count). The molecule has 0 saturated carbocycles. The Bertz CT molecular complexity index is 695. The molecule has 33 heavy (non-hydrogen) atoms. The molecule has 0 radical (unpaired) electrons. The lowest BCUT2D eigenvalue weighted by atomic mass is 9.98. The molecule has 0 aromatic rings. The predicted molar refractivity (Wildman–Crippen MR) is 124 cm³/mol. The number of hydrogen-bond donors (Lipinski definition) is 6. The van der Waals surface area contributed by atoms with Gasteiger partial charge in [-0.3, -0.25) is 19.2 Å². The highest BCUT2D eigenvalue weighted by molar-refractivity contribution is 5.94. The second kappa shape index (κ2) is 14.5. The van der Waals surface area contributed by atoms with Crippen molar-refractivity contribution in [3.8, 4) is 0 Å². The van der Waals surface area contributed by atoms with Gasteiger partial charge in [0.2, 0.25) is 23.6 Å². The fraction of sp³-hybridized carbons (Fsp3) is 0.773. The van der Waals surface area contributed by atoms with Crippen molar-refractivity contribution < 1.29 is 29.1 Å². The lowest BCUT2D eigenvalue weighted by Crippen LogP contribution is -2.58. The van der Waals surface area contributed by atoms with Gasteiger partial charge in [-0.2, -0.15) is 0 Å². The first-order valence-electron chi connectivity index (χ1n) is 11.3. The summed E-state index contributed by atoms with van der Waals surface area (Å²) in [7, 11) is 0. The molecule has 0 aliphatic rings. The number of carboxylic acids is 1. The highest BCUT2D eigenvalue weighted by atomic mass is 16.4. The maximum atomic E-state index is 13.0. The third kappa shape index (κ3) is 12.2. The van der Waals surface area contributed by atoms with Crippen LogP contribution in [-0.4, -0.2) is 58.9 Å². The van der Waals surface area contributed by atoms with Crippen molar-refractivity contribution in [2.75, 3.05) is 0 Å². The molecule has 0 spiro atoms. The number of nitrogens with one attached hydrogen (secondary N) is 3. The molecule has 8 N–H and O–H groups in total. The Morgan fingerprint density at radius 1 is 0.758 bits per heavy atom. The molecule has 0 aromatic heterocycles. The van der Waals surface area contributed by atoms with Crippen molar-refractivity contribution in [2.45, 2.75) is 91.4 Å². The summed E-state index contributed by atoms with van der Waals surface area (Å²) >= 11 is 0. The normalized spacial score (nSPS) is 15.0. The lowest BCUT2D eigenvalue weighted by Gasteiger charge is -2.28. The van der Waals surface area contributed by atoms with E-state index < -0.39 is 53.8 Å². The van der Waals surface area contributed by atoms with Gasteiger partial charge in [-0.15, -0.1) is 0 Å². The first-order valence-corrected chi connectivity index (χ1v) is 11.3. The van der Waals surface area contributed by atoms with E-state index in [0.29, 0.717) is 0 Å². The summed E-state index contributed by atoms with van der Waals surface area (Å²) in [5.41, 5.74) is 10.9. The SMILES string of the molecule is CC(C)CC(NC(=O)C(NC(=O)C(CC(C)C)NC(=O)C(N)CCC(N)=O)C(C)C)C(=O)O. The minimum absolute atomic E-state index is 0.0386. The highest BCUT2D eigenvalue weighted by Crippen LogP contribution is 2.10. The summed E-state index contributed by atoms with van der Waals surface area (Å²) in [5.74, 6) is -3.79. The van der Waals surface area contributed by atoms with Crippen molar-refractivity contribution in [2.24, 2.45) is 29.2 Å². The van der Waals surface area contributed by atoms with Crippen LogP contribution >= 0.6 is 0 Å². The van der Waals surface area contributed by atoms with Gasteiger partial charge < -0.3 is 32.5 Å². The van der Waals surface area contributed by atoms with Gasteiger partial charge in [-0.1, -0.05) is 41.5 Å². The molecule has 0 bridgehead atoms. The molecular formula is C22H41N5O6. The van der Waals surface area contributed by atoms with Crippen molar-refractivity contribution in [3.05, 3.63) is 0 Å². The van der Waals surface area contributed by atoms with Crippen LogP contribution in [0.25, 0.3) is 0 Å². The van der Waals surface area contributed by atoms with E-state index in [1.165, 1.54) is 0 Å². The molecule has 0 fully saturated rings. The van der Waals surface area contributed by atoms with Gasteiger partial charge in [0.25, 0.3) is 0 Å². The fourth-order valence-corrected chi connectivity index (χ4v) is 3.15. The van der Waals surface area contributed by atoms with Crippen LogP contribution in [0.3, 0.4) is 0 Å². The Balaban J connectivity index is 5.40. The maximum Gasteiger partial charge on any atom is 0.326 e. The van der Waals surface area contributed by atoms with Crippen molar-refractivity contribution >= 4 is 29.6 Å². The number of primary amides is 1. The molecule has 0 aromatic carbocycles. The van der Waals surface area contributed by atoms with Crippen LogP contribution in [-0.2, 0) is 24.0 Å². The van der Waals surface area contributed by atoms with E-state index in [4.69, 9.17) is 11.5 Å². The predicted octanol–water partition coefficient (Wildman–Crippen LogP) is -0.134. The van der Waals surface area contributed by atoms with Gasteiger partial charge in [0.1, 0.15) is 18.1 Å². The van der Waals surface area contributed by atoms with E-state index in [1.807, 2.05) is 27.7 Å². The van der Waals surface area contributed by atoms with Gasteiger partial charge in [0.15, 0.2) is 0 Å². The molecule has 0 saturated heterocycles. The van der Waals surface area contributed by atoms with Gasteiger partial charge >= 0.3 is 5.97 Å². The summed E-state index contributed by atoms with van der Waals surface area (Å²) in [5, 5.41) is 17.1. The molecule has 4 amide bonds. The lowest BCUT2D eigenvalue weighted by molar-refractivity contribution is -0.143. The molecule has 4 atom stereocenters. The van der Waals surface area contributed by atoms with E-state index >= 15 is 0 Å². The number of carbonyl (C=O) groups is 5. The fourth-order valence-electron chi connectivity index (χ4n) is 3.15. The van der Waals surface area contributed by atoms with Crippen LogP contribution in [0.5, 0.6) is 0 Å². The number of carbonyl (C=O) groups excluding carboxylic acids is 4. The molecule has 11 nitrogen and oxygen atoms in total. The minimum Gasteiger partial charge on any atom is -0.480 e. The topological polar surface area (TPSA) is 194 Å². The Hall–Kier alpha value is -2.69. The van der Waals surface area contributed by atoms with Crippen LogP contribution in [0.15, 0.2) is 0 Å². The number of amides is 4. The summed E-state index contributed by atoms with van der Waals surface area (Å²) < 4.78 is 0. The second-order valence-corrected chi connectivity index (χ2v) is 9.56. The van der Waals surface area contributed by atoms with E-state index in [0.717, 1.165) is 0 Å². The van der Waals surface area contributed by atoms with Gasteiger partial charge in [-0.25, -0.2) is 4.79 Å². The summed E-state index contributed by atoms with van der Waals surface area (Å²) in [4.78, 5) is 60.6. The van der Waals surface area contributed by atoms with Crippen molar-refractivity contribution in [3.63, 3.8) is 0 Å². The Labute approximate surface area is 195 Å². The van der Waals surface area contributed by atoms with Gasteiger partial charge in [0, 0.05) is 6.42 Å². The number of aliphatic carboxylic acids is 1. The third-order valence-corrected chi connectivity index (χ3v) is 4.95. The zero-order chi connectivity index (χ0) is 25.9. The maximum absolute atomic E-state index is 13.0. The van der Waals surface area contributed by atoms with Crippen LogP contribution < -0.4 is 27.4 Å². The highest BCUT2D eigenvalue weighted by Gasteiger charge is 2.32. The zero-order valence-corrected chi connectivity index (χ0v) is 20.5. The van der Waals surface area contributed by atoms with Crippen LogP contribution in [0.1, 0.15) is 67.2 Å². The molecule has 190 valence electrons. The van der Waals surface area contributed by atoms with E-state index in [-0.39, 0.29) is 43.4 Å². The Kier molecular flexibility index (Phi) is 13.3. The van der Waals surface area contributed by atoms with Crippen molar-refractivity contribution in [1.82, 2.24) is 16.0 Å². The van der Waals surface area contributed by atoms with E-state index in [1.54, 1.807) is 13.8 Å². The van der Waals surface area contributed by atoms with Crippen LogP contribution in [0.2, 0.25) is 0 Å². The molecule has 4 unspecified atom stereocenters.